The average molecular weight is 187 g/mol. The minimum Gasteiger partial charge on any atom is -0.389 e. The van der Waals surface area contributed by atoms with Gasteiger partial charge in [-0.25, -0.2) is 0 Å². The maximum absolute atomic E-state index is 10.8. The van der Waals surface area contributed by atoms with Crippen molar-refractivity contribution in [2.75, 3.05) is 6.61 Å². The van der Waals surface area contributed by atoms with E-state index in [-0.39, 0.29) is 11.5 Å². The van der Waals surface area contributed by atoms with Crippen molar-refractivity contribution in [3.8, 4) is 0 Å². The van der Waals surface area contributed by atoms with E-state index in [1.165, 1.54) is 6.42 Å². The maximum Gasteiger partial charge on any atom is 0.244 e. The minimum atomic E-state index is -1.03. The Hall–Kier alpha value is -0.640. The monoisotopic (exact) mass is 187 g/mol. The van der Waals surface area contributed by atoms with Gasteiger partial charge in [0.15, 0.2) is 0 Å². The third-order valence-corrected chi connectivity index (χ3v) is 2.97. The van der Waals surface area contributed by atoms with Crippen molar-refractivity contribution in [2.24, 2.45) is 0 Å². The van der Waals surface area contributed by atoms with Crippen LogP contribution in [0.5, 0.6) is 0 Å². The molecule has 1 saturated carbocycles. The molecule has 0 radical (unpaired) electrons. The highest BCUT2D eigenvalue weighted by molar-refractivity contribution is 4.80. The minimum absolute atomic E-state index is 0.279. The highest BCUT2D eigenvalue weighted by Gasteiger charge is 2.41. The highest BCUT2D eigenvalue weighted by atomic mass is 16.6. The van der Waals surface area contributed by atoms with E-state index < -0.39 is 5.54 Å². The molecule has 4 heteroatoms. The van der Waals surface area contributed by atoms with Crippen molar-refractivity contribution in [2.45, 2.75) is 50.5 Å². The van der Waals surface area contributed by atoms with Gasteiger partial charge in [0.05, 0.1) is 0 Å². The van der Waals surface area contributed by atoms with Crippen LogP contribution in [0.1, 0.15) is 44.9 Å². The average Bonchev–Trinajstić information content (AvgIpc) is 2.04. The van der Waals surface area contributed by atoms with Crippen molar-refractivity contribution in [1.29, 1.82) is 0 Å². The Morgan fingerprint density at radius 2 is 1.62 bits per heavy atom. The number of aliphatic hydroxyl groups excluding tert-OH is 1. The Bertz CT molecular complexity index is 174. The predicted molar refractivity (Wildman–Crippen MR) is 49.1 cm³/mol. The summed E-state index contributed by atoms with van der Waals surface area (Å²) in [6.07, 6.45) is 6.14. The lowest BCUT2D eigenvalue weighted by atomic mass is 9.85. The van der Waals surface area contributed by atoms with Gasteiger partial charge in [0, 0.05) is 17.8 Å². The van der Waals surface area contributed by atoms with E-state index in [1.54, 1.807) is 0 Å². The lowest BCUT2D eigenvalue weighted by molar-refractivity contribution is -0.576. The summed E-state index contributed by atoms with van der Waals surface area (Å²) < 4.78 is 0. The number of nitro groups is 1. The van der Waals surface area contributed by atoms with Crippen LogP contribution in [-0.2, 0) is 0 Å². The van der Waals surface area contributed by atoms with E-state index in [0.717, 1.165) is 25.7 Å². The van der Waals surface area contributed by atoms with E-state index >= 15 is 0 Å². The molecule has 76 valence electrons. The molecule has 0 aromatic rings. The zero-order chi connectivity index (χ0) is 9.73. The van der Waals surface area contributed by atoms with Gasteiger partial charge in [-0.15, -0.1) is 0 Å². The molecule has 1 rings (SSSR count). The second-order valence-electron chi connectivity index (χ2n) is 3.91. The second-order valence-corrected chi connectivity index (χ2v) is 3.91. The van der Waals surface area contributed by atoms with Gasteiger partial charge in [0.25, 0.3) is 0 Å². The molecule has 0 unspecified atom stereocenters. The molecule has 1 aliphatic rings. The van der Waals surface area contributed by atoms with Gasteiger partial charge in [-0.05, 0) is 12.8 Å². The fourth-order valence-corrected chi connectivity index (χ4v) is 1.96. The predicted octanol–water partition coefficient (Wildman–Crippen LogP) is 1.74. The zero-order valence-corrected chi connectivity index (χ0v) is 7.87. The van der Waals surface area contributed by atoms with Gasteiger partial charge in [0.1, 0.15) is 6.61 Å². The van der Waals surface area contributed by atoms with Gasteiger partial charge in [-0.3, -0.25) is 10.1 Å². The van der Waals surface area contributed by atoms with Crippen molar-refractivity contribution < 1.29 is 10.0 Å². The normalized spacial score (nSPS) is 23.2. The van der Waals surface area contributed by atoms with Crippen LogP contribution in [0.2, 0.25) is 0 Å². The molecule has 1 fully saturated rings. The SMILES string of the molecule is O=[N+]([O-])C1(CO)CCCCCCC1. The Morgan fingerprint density at radius 3 is 2.00 bits per heavy atom. The van der Waals surface area contributed by atoms with Crippen LogP contribution in [0.3, 0.4) is 0 Å². The van der Waals surface area contributed by atoms with E-state index in [2.05, 4.69) is 0 Å². The Labute approximate surface area is 78.1 Å². The number of aliphatic hydroxyl groups is 1. The lowest BCUT2D eigenvalue weighted by Crippen LogP contribution is -2.42. The summed E-state index contributed by atoms with van der Waals surface area (Å²) in [7, 11) is 0. The molecule has 1 N–H and O–H groups in total. The third-order valence-electron chi connectivity index (χ3n) is 2.97. The summed E-state index contributed by atoms with van der Waals surface area (Å²) in [5.74, 6) is 0. The molecular formula is C9H17NO3. The first-order valence-electron chi connectivity index (χ1n) is 4.97. The summed E-state index contributed by atoms with van der Waals surface area (Å²) in [5.41, 5.74) is -1.03. The number of hydrogen-bond donors (Lipinski definition) is 1. The topological polar surface area (TPSA) is 63.4 Å². The molecule has 0 bridgehead atoms. The summed E-state index contributed by atoms with van der Waals surface area (Å²) in [6, 6.07) is 0. The van der Waals surface area contributed by atoms with Gasteiger partial charge < -0.3 is 5.11 Å². The molecule has 0 spiro atoms. The molecule has 4 nitrogen and oxygen atoms in total. The molecule has 0 heterocycles. The van der Waals surface area contributed by atoms with E-state index in [1.807, 2.05) is 0 Å². The zero-order valence-electron chi connectivity index (χ0n) is 7.87. The fraction of sp³-hybridized carbons (Fsp3) is 1.00. The van der Waals surface area contributed by atoms with Gasteiger partial charge in [0.2, 0.25) is 5.54 Å². The Balaban J connectivity index is 2.63. The van der Waals surface area contributed by atoms with Crippen molar-refractivity contribution in [1.82, 2.24) is 0 Å². The van der Waals surface area contributed by atoms with Crippen LogP contribution >= 0.6 is 0 Å². The van der Waals surface area contributed by atoms with Gasteiger partial charge in [-0.2, -0.15) is 0 Å². The van der Waals surface area contributed by atoms with Crippen LogP contribution in [0, 0.1) is 10.1 Å². The van der Waals surface area contributed by atoms with E-state index in [0.29, 0.717) is 12.8 Å². The summed E-state index contributed by atoms with van der Waals surface area (Å²) >= 11 is 0. The van der Waals surface area contributed by atoms with Crippen LogP contribution in [-0.4, -0.2) is 22.2 Å². The molecule has 0 aromatic heterocycles. The molecule has 1 aliphatic carbocycles. The quantitative estimate of drug-likeness (QED) is 0.529. The molecule has 0 amide bonds. The molecular weight excluding hydrogens is 170 g/mol. The maximum atomic E-state index is 10.8. The van der Waals surface area contributed by atoms with Gasteiger partial charge >= 0.3 is 0 Å². The first-order valence-corrected chi connectivity index (χ1v) is 4.97. The largest absolute Gasteiger partial charge is 0.389 e. The van der Waals surface area contributed by atoms with Crippen molar-refractivity contribution >= 4 is 0 Å². The van der Waals surface area contributed by atoms with Crippen molar-refractivity contribution in [3.63, 3.8) is 0 Å². The van der Waals surface area contributed by atoms with Crippen LogP contribution in [0.15, 0.2) is 0 Å². The Kier molecular flexibility index (Phi) is 3.66. The summed E-state index contributed by atoms with van der Waals surface area (Å²) in [4.78, 5) is 10.5. The standard InChI is InChI=1S/C9H17NO3/c11-8-9(10(12)13)6-4-2-1-3-5-7-9/h11H,1-8H2. The van der Waals surface area contributed by atoms with E-state index in [4.69, 9.17) is 5.11 Å². The van der Waals surface area contributed by atoms with Crippen molar-refractivity contribution in [3.05, 3.63) is 10.1 Å². The molecule has 0 atom stereocenters. The second kappa shape index (κ2) is 4.56. The summed E-state index contributed by atoms with van der Waals surface area (Å²) in [5, 5.41) is 19.9. The number of hydrogen-bond acceptors (Lipinski definition) is 3. The highest BCUT2D eigenvalue weighted by Crippen LogP contribution is 2.28. The molecule has 0 aromatic carbocycles. The van der Waals surface area contributed by atoms with Gasteiger partial charge in [-0.1, -0.05) is 19.3 Å². The third kappa shape index (κ3) is 2.40. The number of nitrogens with zero attached hydrogens (tertiary/aromatic N) is 1. The van der Waals surface area contributed by atoms with E-state index in [9.17, 15) is 10.1 Å². The van der Waals surface area contributed by atoms with Crippen LogP contribution < -0.4 is 0 Å². The first-order chi connectivity index (χ1) is 6.21. The summed E-state index contributed by atoms with van der Waals surface area (Å²) in [6.45, 7) is -0.306. The first kappa shape index (κ1) is 10.4. The van der Waals surface area contributed by atoms with Crippen LogP contribution in [0.25, 0.3) is 0 Å². The molecule has 13 heavy (non-hydrogen) atoms. The lowest BCUT2D eigenvalue weighted by Gasteiger charge is -2.24. The molecule has 0 saturated heterocycles. The molecule has 0 aliphatic heterocycles. The Morgan fingerprint density at radius 1 is 1.15 bits per heavy atom. The van der Waals surface area contributed by atoms with Crippen LogP contribution in [0.4, 0.5) is 0 Å². The smallest absolute Gasteiger partial charge is 0.244 e. The number of rotatable bonds is 2. The fourth-order valence-electron chi connectivity index (χ4n) is 1.96.